The molecule has 12 heteroatoms. The zero-order valence-electron chi connectivity index (χ0n) is 25.0. The van der Waals surface area contributed by atoms with E-state index in [0.29, 0.717) is 22.0 Å². The summed E-state index contributed by atoms with van der Waals surface area (Å²) < 4.78 is 12.7. The molecule has 1 aromatic heterocycles. The van der Waals surface area contributed by atoms with Gasteiger partial charge in [0.1, 0.15) is 12.4 Å². The van der Waals surface area contributed by atoms with Crippen LogP contribution in [0.2, 0.25) is 0 Å². The van der Waals surface area contributed by atoms with Crippen molar-refractivity contribution in [1.29, 1.82) is 0 Å². The number of fused-ring (bicyclic) bond motifs is 1. The van der Waals surface area contributed by atoms with Crippen LogP contribution >= 0.6 is 0 Å². The number of benzene rings is 4. The predicted molar refractivity (Wildman–Crippen MR) is 170 cm³/mol. The molecule has 0 atom stereocenters. The molecule has 0 N–H and O–H groups in total. The first-order chi connectivity index (χ1) is 21.6. The molecule has 0 unspecified atom stereocenters. The maximum absolute atomic E-state index is 13.8. The number of para-hydroxylation sites is 2. The van der Waals surface area contributed by atoms with Gasteiger partial charge in [-0.25, -0.2) is 4.98 Å². The molecule has 0 aliphatic carbocycles. The van der Waals surface area contributed by atoms with Crippen LogP contribution in [0.1, 0.15) is 42.0 Å². The Morgan fingerprint density at radius 3 is 2.38 bits per heavy atom. The van der Waals surface area contributed by atoms with Crippen molar-refractivity contribution in [2.75, 3.05) is 7.11 Å². The molecule has 12 nitrogen and oxygen atoms in total. The summed E-state index contributed by atoms with van der Waals surface area (Å²) in [7, 11) is 1.61. The first-order valence-corrected chi connectivity index (χ1v) is 14.0. The number of nitro groups is 2. The lowest BCUT2D eigenvalue weighted by Gasteiger charge is -2.17. The zero-order valence-corrected chi connectivity index (χ0v) is 25.0. The molecule has 0 bridgehead atoms. The van der Waals surface area contributed by atoms with Crippen molar-refractivity contribution in [1.82, 2.24) is 9.66 Å². The first kappa shape index (κ1) is 30.5. The Morgan fingerprint density at radius 1 is 0.978 bits per heavy atom. The van der Waals surface area contributed by atoms with E-state index in [0.717, 1.165) is 16.9 Å². The second-order valence-electron chi connectivity index (χ2n) is 10.5. The summed E-state index contributed by atoms with van der Waals surface area (Å²) in [4.78, 5) is 40.5. The lowest BCUT2D eigenvalue weighted by Crippen LogP contribution is -2.21. The number of nitro benzene ring substituents is 2. The minimum Gasteiger partial charge on any atom is -0.496 e. The maximum Gasteiger partial charge on any atom is 0.311 e. The van der Waals surface area contributed by atoms with E-state index in [2.05, 4.69) is 5.10 Å². The highest BCUT2D eigenvalue weighted by Gasteiger charge is 2.21. The summed E-state index contributed by atoms with van der Waals surface area (Å²) in [6.45, 7) is 5.87. The third-order valence-corrected chi connectivity index (χ3v) is 7.26. The van der Waals surface area contributed by atoms with Crippen LogP contribution in [-0.4, -0.2) is 32.8 Å². The first-order valence-electron chi connectivity index (χ1n) is 14.0. The van der Waals surface area contributed by atoms with Crippen molar-refractivity contribution < 1.29 is 19.3 Å². The number of aryl methyl sites for hydroxylation is 1. The van der Waals surface area contributed by atoms with Gasteiger partial charge in [0.15, 0.2) is 5.82 Å². The third-order valence-electron chi connectivity index (χ3n) is 7.26. The number of ether oxygens (including phenoxy) is 2. The number of hydrogen-bond donors (Lipinski definition) is 0. The molecular weight excluding hydrogens is 578 g/mol. The number of non-ortho nitro benzene ring substituents is 1. The minimum atomic E-state index is -0.578. The number of methoxy groups -OCH3 is 1. The monoisotopic (exact) mass is 607 g/mol. The molecule has 0 radical (unpaired) electrons. The second-order valence-corrected chi connectivity index (χ2v) is 10.5. The normalized spacial score (nSPS) is 11.3. The predicted octanol–water partition coefficient (Wildman–Crippen LogP) is 6.78. The SMILES string of the molecule is COc1cc(C)c(-c2nc3ccccc3c(=O)n2N=Cc2cccc([N+](=O)[O-])c2OCc2ccc([N+](=O)[O-])cc2)cc1C(C)C. The van der Waals surface area contributed by atoms with Crippen LogP contribution in [0, 0.1) is 27.2 Å². The Labute approximate surface area is 257 Å². The van der Waals surface area contributed by atoms with Gasteiger partial charge < -0.3 is 9.47 Å². The van der Waals surface area contributed by atoms with Gasteiger partial charge in [-0.05, 0) is 72.0 Å². The smallest absolute Gasteiger partial charge is 0.311 e. The lowest BCUT2D eigenvalue weighted by molar-refractivity contribution is -0.386. The Morgan fingerprint density at radius 2 is 1.71 bits per heavy atom. The van der Waals surface area contributed by atoms with Gasteiger partial charge in [0.25, 0.3) is 11.2 Å². The van der Waals surface area contributed by atoms with E-state index < -0.39 is 15.4 Å². The minimum absolute atomic E-state index is 0.0735. The van der Waals surface area contributed by atoms with Gasteiger partial charge in [-0.15, -0.1) is 0 Å². The number of aromatic nitrogens is 2. The molecule has 45 heavy (non-hydrogen) atoms. The van der Waals surface area contributed by atoms with Crippen LogP contribution < -0.4 is 15.0 Å². The quantitative estimate of drug-likeness (QED) is 0.0957. The van der Waals surface area contributed by atoms with Crippen LogP contribution in [-0.2, 0) is 6.61 Å². The molecule has 5 aromatic rings. The average Bonchev–Trinajstić information content (AvgIpc) is 3.03. The molecule has 0 fully saturated rings. The standard InChI is InChI=1S/C33H29N5O7/c1-20(2)26-17-27(21(3)16-30(26)44-4)32-35-28-10-6-5-9-25(28)33(39)36(32)34-18-23-8-7-11-29(38(42)43)31(23)45-19-22-12-14-24(15-13-22)37(40)41/h5-18,20H,19H2,1-4H3. The Hall–Kier alpha value is -5.91. The number of rotatable bonds is 10. The number of hydrogen-bond acceptors (Lipinski definition) is 9. The summed E-state index contributed by atoms with van der Waals surface area (Å²) in [6, 6.07) is 20.8. The summed E-state index contributed by atoms with van der Waals surface area (Å²) in [5.41, 5.74) is 2.89. The van der Waals surface area contributed by atoms with Gasteiger partial charge in [-0.3, -0.25) is 25.0 Å². The van der Waals surface area contributed by atoms with Crippen LogP contribution in [0.15, 0.2) is 88.8 Å². The van der Waals surface area contributed by atoms with E-state index in [4.69, 9.17) is 14.5 Å². The van der Waals surface area contributed by atoms with Crippen LogP contribution in [0.3, 0.4) is 0 Å². The fraction of sp³-hybridized carbons (Fsp3) is 0.182. The fourth-order valence-corrected chi connectivity index (χ4v) is 4.91. The van der Waals surface area contributed by atoms with E-state index in [1.807, 2.05) is 32.9 Å². The van der Waals surface area contributed by atoms with Crippen LogP contribution in [0.4, 0.5) is 11.4 Å². The molecule has 228 valence electrons. The highest BCUT2D eigenvalue weighted by atomic mass is 16.6. The molecule has 0 spiro atoms. The van der Waals surface area contributed by atoms with E-state index in [9.17, 15) is 25.0 Å². The van der Waals surface area contributed by atoms with Gasteiger partial charge in [0.2, 0.25) is 5.75 Å². The Bertz CT molecular complexity index is 2020. The van der Waals surface area contributed by atoms with Crippen LogP contribution in [0.5, 0.6) is 11.5 Å². The molecule has 1 heterocycles. The summed E-state index contributed by atoms with van der Waals surface area (Å²) >= 11 is 0. The molecule has 0 aliphatic rings. The van der Waals surface area contributed by atoms with Crippen molar-refractivity contribution in [2.45, 2.75) is 33.3 Å². The van der Waals surface area contributed by atoms with Gasteiger partial charge in [0.05, 0.1) is 34.1 Å². The maximum atomic E-state index is 13.8. The molecule has 5 rings (SSSR count). The van der Waals surface area contributed by atoms with Crippen molar-refractivity contribution in [3.8, 4) is 22.9 Å². The summed E-state index contributed by atoms with van der Waals surface area (Å²) in [5, 5.41) is 27.8. The molecule has 0 amide bonds. The van der Waals surface area contributed by atoms with E-state index in [1.165, 1.54) is 47.3 Å². The zero-order chi connectivity index (χ0) is 32.2. The third kappa shape index (κ3) is 6.25. The molecular formula is C33H29N5O7. The van der Waals surface area contributed by atoms with Crippen molar-refractivity contribution in [2.24, 2.45) is 5.10 Å². The van der Waals surface area contributed by atoms with E-state index in [-0.39, 0.29) is 41.0 Å². The van der Waals surface area contributed by atoms with Crippen molar-refractivity contribution in [3.05, 3.63) is 132 Å². The summed E-state index contributed by atoms with van der Waals surface area (Å²) in [6.07, 6.45) is 1.32. The Balaban J connectivity index is 1.64. The highest BCUT2D eigenvalue weighted by molar-refractivity contribution is 5.86. The second kappa shape index (κ2) is 12.8. The van der Waals surface area contributed by atoms with Crippen molar-refractivity contribution in [3.63, 3.8) is 0 Å². The largest absolute Gasteiger partial charge is 0.496 e. The van der Waals surface area contributed by atoms with Crippen LogP contribution in [0.25, 0.3) is 22.3 Å². The van der Waals surface area contributed by atoms with E-state index >= 15 is 0 Å². The fourth-order valence-electron chi connectivity index (χ4n) is 4.91. The Kier molecular flexibility index (Phi) is 8.66. The molecule has 0 saturated carbocycles. The molecule has 4 aromatic carbocycles. The van der Waals surface area contributed by atoms with Crippen molar-refractivity contribution >= 4 is 28.5 Å². The van der Waals surface area contributed by atoms with E-state index in [1.54, 1.807) is 37.4 Å². The molecule has 0 saturated heterocycles. The van der Waals surface area contributed by atoms with Gasteiger partial charge in [0, 0.05) is 29.3 Å². The lowest BCUT2D eigenvalue weighted by atomic mass is 9.96. The van der Waals surface area contributed by atoms with Gasteiger partial charge in [-0.1, -0.05) is 32.0 Å². The highest BCUT2D eigenvalue weighted by Crippen LogP contribution is 2.35. The van der Waals surface area contributed by atoms with Gasteiger partial charge >= 0.3 is 5.69 Å². The number of nitrogens with zero attached hydrogens (tertiary/aromatic N) is 5. The average molecular weight is 608 g/mol. The summed E-state index contributed by atoms with van der Waals surface area (Å²) in [5.74, 6) is 1.05. The molecule has 0 aliphatic heterocycles. The topological polar surface area (TPSA) is 152 Å². The van der Waals surface area contributed by atoms with Gasteiger partial charge in [-0.2, -0.15) is 9.78 Å².